The van der Waals surface area contributed by atoms with Gasteiger partial charge in [0.25, 0.3) is 15.9 Å². The number of amides is 1. The molecule has 3 aromatic rings. The van der Waals surface area contributed by atoms with Crippen LogP contribution in [0.15, 0.2) is 82.8 Å². The molecule has 0 aliphatic carbocycles. The summed E-state index contributed by atoms with van der Waals surface area (Å²) in [4.78, 5) is 12.8. The van der Waals surface area contributed by atoms with Crippen LogP contribution in [0.3, 0.4) is 0 Å². The Balaban J connectivity index is 1.86. The van der Waals surface area contributed by atoms with E-state index < -0.39 is 22.5 Å². The maximum Gasteiger partial charge on any atom is 0.264 e. The molecule has 0 saturated carbocycles. The van der Waals surface area contributed by atoms with E-state index in [0.717, 1.165) is 4.31 Å². The van der Waals surface area contributed by atoms with E-state index in [-0.39, 0.29) is 10.6 Å². The molecule has 1 amide bonds. The first-order chi connectivity index (χ1) is 16.4. The van der Waals surface area contributed by atoms with Crippen molar-refractivity contribution in [2.45, 2.75) is 4.90 Å². The summed E-state index contributed by atoms with van der Waals surface area (Å²) in [7, 11) is 0.442. The average molecular weight is 484 g/mol. The summed E-state index contributed by atoms with van der Waals surface area (Å²) < 4.78 is 43.5. The van der Waals surface area contributed by atoms with Crippen molar-refractivity contribution in [3.8, 4) is 17.2 Å². The Hall–Kier alpha value is -4.05. The molecule has 0 aliphatic heterocycles. The zero-order valence-corrected chi connectivity index (χ0v) is 19.8. The molecular formula is C24H25N3O6S. The molecule has 0 aromatic heterocycles. The lowest BCUT2D eigenvalue weighted by Crippen LogP contribution is -2.39. The Morgan fingerprint density at radius 1 is 0.941 bits per heavy atom. The molecule has 0 spiro atoms. The largest absolute Gasteiger partial charge is 0.497 e. The molecule has 0 saturated heterocycles. The second kappa shape index (κ2) is 11.2. The Morgan fingerprint density at radius 2 is 1.68 bits per heavy atom. The second-order valence-electron chi connectivity index (χ2n) is 6.90. The molecule has 0 heterocycles. The number of hydrogen-bond donors (Lipinski definition) is 1. The van der Waals surface area contributed by atoms with Gasteiger partial charge in [0.2, 0.25) is 0 Å². The van der Waals surface area contributed by atoms with Crippen LogP contribution in [0.4, 0.5) is 5.69 Å². The van der Waals surface area contributed by atoms with Gasteiger partial charge in [-0.25, -0.2) is 13.8 Å². The number of rotatable bonds is 10. The predicted octanol–water partition coefficient (Wildman–Crippen LogP) is 3.06. The highest BCUT2D eigenvalue weighted by atomic mass is 32.2. The van der Waals surface area contributed by atoms with Gasteiger partial charge in [-0.15, -0.1) is 0 Å². The van der Waals surface area contributed by atoms with E-state index in [2.05, 4.69) is 10.5 Å². The summed E-state index contributed by atoms with van der Waals surface area (Å²) in [5, 5.41) is 3.95. The van der Waals surface area contributed by atoms with Crippen molar-refractivity contribution in [3.63, 3.8) is 0 Å². The van der Waals surface area contributed by atoms with Gasteiger partial charge in [-0.3, -0.25) is 9.10 Å². The molecule has 0 aliphatic rings. The molecule has 34 heavy (non-hydrogen) atoms. The number of nitrogens with zero attached hydrogens (tertiary/aromatic N) is 2. The fourth-order valence-corrected chi connectivity index (χ4v) is 4.59. The lowest BCUT2D eigenvalue weighted by molar-refractivity contribution is -0.119. The molecule has 1 N–H and O–H groups in total. The third kappa shape index (κ3) is 5.65. The van der Waals surface area contributed by atoms with Gasteiger partial charge in [-0.05, 0) is 36.4 Å². The molecular weight excluding hydrogens is 458 g/mol. The number of hydrazone groups is 1. The van der Waals surface area contributed by atoms with Crippen LogP contribution in [-0.2, 0) is 14.8 Å². The van der Waals surface area contributed by atoms with Crippen molar-refractivity contribution < 1.29 is 27.4 Å². The van der Waals surface area contributed by atoms with Crippen LogP contribution in [0.2, 0.25) is 0 Å². The van der Waals surface area contributed by atoms with E-state index >= 15 is 0 Å². The maximum atomic E-state index is 13.4. The molecule has 0 fully saturated rings. The van der Waals surface area contributed by atoms with Crippen molar-refractivity contribution in [1.29, 1.82) is 0 Å². The van der Waals surface area contributed by atoms with E-state index in [0.29, 0.717) is 22.8 Å². The van der Waals surface area contributed by atoms with Crippen LogP contribution in [-0.4, -0.2) is 48.4 Å². The normalized spacial score (nSPS) is 11.1. The highest BCUT2D eigenvalue weighted by molar-refractivity contribution is 7.92. The molecule has 178 valence electrons. The summed E-state index contributed by atoms with van der Waals surface area (Å²) in [5.74, 6) is 0.776. The Morgan fingerprint density at radius 3 is 2.35 bits per heavy atom. The summed E-state index contributed by atoms with van der Waals surface area (Å²) >= 11 is 0. The second-order valence-corrected chi connectivity index (χ2v) is 8.76. The highest BCUT2D eigenvalue weighted by Gasteiger charge is 2.27. The Labute approximate surface area is 198 Å². The highest BCUT2D eigenvalue weighted by Crippen LogP contribution is 2.29. The van der Waals surface area contributed by atoms with Crippen molar-refractivity contribution in [2.75, 3.05) is 32.2 Å². The van der Waals surface area contributed by atoms with Crippen molar-refractivity contribution in [3.05, 3.63) is 78.4 Å². The minimum absolute atomic E-state index is 0.0511. The van der Waals surface area contributed by atoms with Crippen LogP contribution >= 0.6 is 0 Å². The third-order valence-corrected chi connectivity index (χ3v) is 6.57. The van der Waals surface area contributed by atoms with Crippen LogP contribution in [0, 0.1) is 0 Å². The van der Waals surface area contributed by atoms with Gasteiger partial charge in [-0.1, -0.05) is 30.3 Å². The lowest BCUT2D eigenvalue weighted by Gasteiger charge is -2.24. The van der Waals surface area contributed by atoms with E-state index in [1.165, 1.54) is 45.7 Å². The third-order valence-electron chi connectivity index (χ3n) is 4.79. The van der Waals surface area contributed by atoms with Gasteiger partial charge in [0, 0.05) is 11.6 Å². The van der Waals surface area contributed by atoms with E-state index in [1.807, 2.05) is 0 Å². The molecule has 3 aromatic carbocycles. The van der Waals surface area contributed by atoms with Crippen molar-refractivity contribution in [2.24, 2.45) is 5.10 Å². The first kappa shape index (κ1) is 24.6. The van der Waals surface area contributed by atoms with Crippen molar-refractivity contribution in [1.82, 2.24) is 5.43 Å². The van der Waals surface area contributed by atoms with Gasteiger partial charge in [0.1, 0.15) is 12.3 Å². The minimum Gasteiger partial charge on any atom is -0.497 e. The number of benzene rings is 3. The van der Waals surface area contributed by atoms with Gasteiger partial charge in [-0.2, -0.15) is 5.10 Å². The van der Waals surface area contributed by atoms with Crippen LogP contribution < -0.4 is 23.9 Å². The number of methoxy groups -OCH3 is 3. The summed E-state index contributed by atoms with van der Waals surface area (Å²) in [6, 6.07) is 19.5. The standard InChI is InChI=1S/C24H25N3O6S/c1-31-20-11-8-10-19(15-20)27(34(29,30)21-12-5-4-6-13-21)17-23(28)26-25-16-18-9-7-14-22(32-2)24(18)33-3/h4-16H,17H2,1-3H3,(H,26,28)/b25-16-. The predicted molar refractivity (Wildman–Crippen MR) is 129 cm³/mol. The van der Waals surface area contributed by atoms with Crippen LogP contribution in [0.1, 0.15) is 5.56 Å². The number of nitrogens with one attached hydrogen (secondary N) is 1. The zero-order valence-electron chi connectivity index (χ0n) is 19.0. The summed E-state index contributed by atoms with van der Waals surface area (Å²) in [6.45, 7) is -0.503. The monoisotopic (exact) mass is 483 g/mol. The average Bonchev–Trinajstić information content (AvgIpc) is 2.87. The molecule has 0 radical (unpaired) electrons. The number of para-hydroxylation sites is 1. The number of anilines is 1. The molecule has 10 heteroatoms. The fourth-order valence-electron chi connectivity index (χ4n) is 3.15. The smallest absolute Gasteiger partial charge is 0.264 e. The summed E-state index contributed by atoms with van der Waals surface area (Å²) in [5.41, 5.74) is 3.22. The molecule has 0 atom stereocenters. The quantitative estimate of drug-likeness (QED) is 0.351. The van der Waals surface area contributed by atoms with Gasteiger partial charge >= 0.3 is 0 Å². The number of ether oxygens (including phenoxy) is 3. The number of carbonyl (C=O) groups is 1. The zero-order chi connectivity index (χ0) is 24.6. The minimum atomic E-state index is -4.04. The number of hydrogen-bond acceptors (Lipinski definition) is 7. The molecule has 9 nitrogen and oxygen atoms in total. The Bertz CT molecular complexity index is 1260. The van der Waals surface area contributed by atoms with Crippen molar-refractivity contribution >= 4 is 27.8 Å². The van der Waals surface area contributed by atoms with Gasteiger partial charge < -0.3 is 14.2 Å². The SMILES string of the molecule is COc1cccc(N(CC(=O)N/N=C\c2cccc(OC)c2OC)S(=O)(=O)c2ccccc2)c1. The maximum absolute atomic E-state index is 13.4. The van der Waals surface area contributed by atoms with E-state index in [9.17, 15) is 13.2 Å². The first-order valence-electron chi connectivity index (χ1n) is 10.2. The van der Waals surface area contributed by atoms with E-state index in [4.69, 9.17) is 14.2 Å². The van der Waals surface area contributed by atoms with Crippen LogP contribution in [0.5, 0.6) is 17.2 Å². The fraction of sp³-hybridized carbons (Fsp3) is 0.167. The summed E-state index contributed by atoms with van der Waals surface area (Å²) in [6.07, 6.45) is 1.39. The van der Waals surface area contributed by atoms with Gasteiger partial charge in [0.05, 0.1) is 38.1 Å². The molecule has 0 unspecified atom stereocenters. The van der Waals surface area contributed by atoms with E-state index in [1.54, 1.807) is 54.6 Å². The van der Waals surface area contributed by atoms with Gasteiger partial charge in [0.15, 0.2) is 11.5 Å². The first-order valence-corrected chi connectivity index (χ1v) is 11.6. The van der Waals surface area contributed by atoms with Crippen LogP contribution in [0.25, 0.3) is 0 Å². The number of sulfonamides is 1. The number of carbonyl (C=O) groups excluding carboxylic acids is 1. The lowest BCUT2D eigenvalue weighted by atomic mass is 10.2. The topological polar surface area (TPSA) is 107 Å². The molecule has 3 rings (SSSR count). The Kier molecular flexibility index (Phi) is 8.10. The molecule has 0 bridgehead atoms.